The quantitative estimate of drug-likeness (QED) is 0.707. The van der Waals surface area contributed by atoms with Gasteiger partial charge in [0.2, 0.25) is 0 Å². The van der Waals surface area contributed by atoms with Gasteiger partial charge in [-0.25, -0.2) is 0 Å². The van der Waals surface area contributed by atoms with Gasteiger partial charge in [0.1, 0.15) is 5.75 Å². The molecule has 0 aliphatic rings. The van der Waals surface area contributed by atoms with Crippen molar-refractivity contribution in [2.45, 2.75) is 0 Å². The zero-order valence-electron chi connectivity index (χ0n) is 8.56. The smallest absolute Gasteiger partial charge is 0.264 e. The summed E-state index contributed by atoms with van der Waals surface area (Å²) in [6, 6.07) is 8.06. The summed E-state index contributed by atoms with van der Waals surface area (Å²) in [6.07, 6.45) is 0. The van der Waals surface area contributed by atoms with E-state index in [0.29, 0.717) is 5.17 Å². The first-order valence-electron chi connectivity index (χ1n) is 4.54. The van der Waals surface area contributed by atoms with Gasteiger partial charge in [0, 0.05) is 14.1 Å². The summed E-state index contributed by atoms with van der Waals surface area (Å²) in [4.78, 5) is 1.78. The molecule has 0 radical (unpaired) electrons. The van der Waals surface area contributed by atoms with Gasteiger partial charge in [0.15, 0.2) is 0 Å². The number of rotatable bonds is 1. The van der Waals surface area contributed by atoms with Crippen molar-refractivity contribution in [3.63, 3.8) is 0 Å². The van der Waals surface area contributed by atoms with Crippen LogP contribution in [0, 0.1) is 0 Å². The summed E-state index contributed by atoms with van der Waals surface area (Å²) < 4.78 is 6.76. The van der Waals surface area contributed by atoms with E-state index >= 15 is 0 Å². The minimum Gasteiger partial charge on any atom is -0.430 e. The van der Waals surface area contributed by atoms with Gasteiger partial charge in [-0.2, -0.15) is 0 Å². The Morgan fingerprint density at radius 3 is 2.87 bits per heavy atom. The predicted molar refractivity (Wildman–Crippen MR) is 68.7 cm³/mol. The summed E-state index contributed by atoms with van der Waals surface area (Å²) in [6.45, 7) is 0. The standard InChI is InChI=1S/C11H11NOS2/c1-12(2)11(14)13-9-5-3-4-8-6-7-15-10(8)9/h3-7H,1-2H3. The molecule has 2 rings (SSSR count). The Hall–Kier alpha value is -1.13. The Morgan fingerprint density at radius 1 is 1.33 bits per heavy atom. The number of hydrogen-bond acceptors (Lipinski definition) is 3. The van der Waals surface area contributed by atoms with Crippen molar-refractivity contribution in [3.8, 4) is 5.75 Å². The molecule has 0 amide bonds. The number of ether oxygens (including phenoxy) is 1. The Bertz CT molecular complexity index is 490. The van der Waals surface area contributed by atoms with Crippen LogP contribution < -0.4 is 4.74 Å². The third-order valence-corrected chi connectivity index (χ3v) is 3.40. The topological polar surface area (TPSA) is 12.5 Å². The normalized spacial score (nSPS) is 10.3. The van der Waals surface area contributed by atoms with Gasteiger partial charge in [0.05, 0.1) is 4.70 Å². The van der Waals surface area contributed by atoms with Crippen LogP contribution >= 0.6 is 23.6 Å². The molecule has 1 heterocycles. The fourth-order valence-electron chi connectivity index (χ4n) is 1.23. The van der Waals surface area contributed by atoms with Crippen LogP contribution in [0.4, 0.5) is 0 Å². The second-order valence-electron chi connectivity index (χ2n) is 3.36. The zero-order chi connectivity index (χ0) is 10.8. The third kappa shape index (κ3) is 2.11. The van der Waals surface area contributed by atoms with E-state index < -0.39 is 0 Å². The Labute approximate surface area is 98.1 Å². The highest BCUT2D eigenvalue weighted by atomic mass is 32.1. The predicted octanol–water partition coefficient (Wildman–Crippen LogP) is 3.13. The lowest BCUT2D eigenvalue weighted by molar-refractivity contribution is 0.453. The van der Waals surface area contributed by atoms with Crippen molar-refractivity contribution in [1.82, 2.24) is 4.90 Å². The average molecular weight is 237 g/mol. The number of fused-ring (bicyclic) bond motifs is 1. The van der Waals surface area contributed by atoms with E-state index in [9.17, 15) is 0 Å². The average Bonchev–Trinajstić information content (AvgIpc) is 2.66. The number of benzene rings is 1. The van der Waals surface area contributed by atoms with E-state index in [4.69, 9.17) is 17.0 Å². The maximum atomic E-state index is 5.62. The molecule has 0 saturated heterocycles. The largest absolute Gasteiger partial charge is 0.430 e. The molecule has 1 aromatic carbocycles. The Morgan fingerprint density at radius 2 is 2.13 bits per heavy atom. The van der Waals surface area contributed by atoms with Gasteiger partial charge < -0.3 is 9.64 Å². The van der Waals surface area contributed by atoms with Crippen LogP contribution in [0.3, 0.4) is 0 Å². The summed E-state index contributed by atoms with van der Waals surface area (Å²) in [5, 5.41) is 3.73. The van der Waals surface area contributed by atoms with Crippen molar-refractivity contribution in [2.75, 3.05) is 14.1 Å². The van der Waals surface area contributed by atoms with E-state index in [-0.39, 0.29) is 0 Å². The molecule has 2 nitrogen and oxygen atoms in total. The summed E-state index contributed by atoms with van der Waals surface area (Å²) in [5.41, 5.74) is 0. The molecule has 0 spiro atoms. The summed E-state index contributed by atoms with van der Waals surface area (Å²) >= 11 is 6.77. The first kappa shape index (κ1) is 10.4. The monoisotopic (exact) mass is 237 g/mol. The molecule has 0 fully saturated rings. The lowest BCUT2D eigenvalue weighted by Gasteiger charge is -2.14. The van der Waals surface area contributed by atoms with E-state index in [1.54, 1.807) is 16.2 Å². The van der Waals surface area contributed by atoms with Crippen LogP contribution in [0.5, 0.6) is 5.75 Å². The van der Waals surface area contributed by atoms with Gasteiger partial charge in [-0.1, -0.05) is 12.1 Å². The third-order valence-electron chi connectivity index (χ3n) is 2.01. The molecular weight excluding hydrogens is 226 g/mol. The molecule has 4 heteroatoms. The van der Waals surface area contributed by atoms with Gasteiger partial charge in [-0.05, 0) is 35.1 Å². The number of hydrogen-bond donors (Lipinski definition) is 0. The highest BCUT2D eigenvalue weighted by Gasteiger charge is 2.06. The first-order chi connectivity index (χ1) is 7.18. The van der Waals surface area contributed by atoms with Crippen LogP contribution in [0.15, 0.2) is 29.6 Å². The molecular formula is C11H11NOS2. The van der Waals surface area contributed by atoms with Crippen LogP contribution in [0.25, 0.3) is 10.1 Å². The summed E-state index contributed by atoms with van der Waals surface area (Å²) in [5.74, 6) is 0.834. The lowest BCUT2D eigenvalue weighted by Crippen LogP contribution is -2.24. The minimum atomic E-state index is 0.482. The Kier molecular flexibility index (Phi) is 2.88. The zero-order valence-corrected chi connectivity index (χ0v) is 10.2. The van der Waals surface area contributed by atoms with E-state index in [0.717, 1.165) is 10.4 Å². The highest BCUT2D eigenvalue weighted by Crippen LogP contribution is 2.30. The Balaban J connectivity index is 2.35. The highest BCUT2D eigenvalue weighted by molar-refractivity contribution is 7.80. The molecule has 0 N–H and O–H groups in total. The second kappa shape index (κ2) is 4.16. The molecule has 1 aromatic heterocycles. The second-order valence-corrected chi connectivity index (χ2v) is 4.62. The van der Waals surface area contributed by atoms with Crippen LogP contribution in [-0.2, 0) is 0 Å². The summed E-state index contributed by atoms with van der Waals surface area (Å²) in [7, 11) is 3.74. The molecule has 0 saturated carbocycles. The molecule has 78 valence electrons. The first-order valence-corrected chi connectivity index (χ1v) is 5.82. The minimum absolute atomic E-state index is 0.482. The van der Waals surface area contributed by atoms with E-state index in [1.807, 2.05) is 26.2 Å². The number of nitrogens with zero attached hydrogens (tertiary/aromatic N) is 1. The molecule has 0 aliphatic heterocycles. The molecule has 0 atom stereocenters. The van der Waals surface area contributed by atoms with E-state index in [2.05, 4.69) is 17.5 Å². The van der Waals surface area contributed by atoms with Gasteiger partial charge in [-0.3, -0.25) is 0 Å². The van der Waals surface area contributed by atoms with Crippen molar-refractivity contribution in [2.24, 2.45) is 0 Å². The SMILES string of the molecule is CN(C)C(=S)Oc1cccc2ccsc12. The molecule has 15 heavy (non-hydrogen) atoms. The van der Waals surface area contributed by atoms with Crippen LogP contribution in [0.2, 0.25) is 0 Å². The van der Waals surface area contributed by atoms with Crippen molar-refractivity contribution >= 4 is 38.8 Å². The van der Waals surface area contributed by atoms with Gasteiger partial charge in [0.25, 0.3) is 5.17 Å². The number of thiophene rings is 1. The van der Waals surface area contributed by atoms with Crippen molar-refractivity contribution < 1.29 is 4.74 Å². The van der Waals surface area contributed by atoms with E-state index in [1.165, 1.54) is 5.39 Å². The molecule has 0 unspecified atom stereocenters. The maximum Gasteiger partial charge on any atom is 0.264 e. The van der Waals surface area contributed by atoms with Crippen LogP contribution in [-0.4, -0.2) is 24.2 Å². The molecule has 0 aliphatic carbocycles. The fraction of sp³-hybridized carbons (Fsp3) is 0.182. The maximum absolute atomic E-state index is 5.62. The van der Waals surface area contributed by atoms with Crippen molar-refractivity contribution in [3.05, 3.63) is 29.6 Å². The van der Waals surface area contributed by atoms with Crippen LogP contribution in [0.1, 0.15) is 0 Å². The number of thiocarbonyl (C=S) groups is 1. The molecule has 2 aromatic rings. The fourth-order valence-corrected chi connectivity index (χ4v) is 2.17. The lowest BCUT2D eigenvalue weighted by atomic mass is 10.2. The van der Waals surface area contributed by atoms with Gasteiger partial charge >= 0.3 is 0 Å². The molecule has 0 bridgehead atoms. The van der Waals surface area contributed by atoms with Gasteiger partial charge in [-0.15, -0.1) is 11.3 Å². The van der Waals surface area contributed by atoms with Crippen molar-refractivity contribution in [1.29, 1.82) is 0 Å².